The van der Waals surface area contributed by atoms with E-state index in [4.69, 9.17) is 0 Å². The molecule has 1 aliphatic heterocycles. The third-order valence-corrected chi connectivity index (χ3v) is 4.69. The summed E-state index contributed by atoms with van der Waals surface area (Å²) in [5.41, 5.74) is 0.829. The summed E-state index contributed by atoms with van der Waals surface area (Å²) in [5.74, 6) is -1.29. The SMILES string of the molecule is Cn1cccc(NC(=O)C2CCC(C(=O)O)N2Cc2ccccc2)c1=O. The lowest BCUT2D eigenvalue weighted by Gasteiger charge is -2.27. The molecule has 1 aromatic heterocycles. The largest absolute Gasteiger partial charge is 0.480 e. The fourth-order valence-electron chi connectivity index (χ4n) is 3.33. The number of anilines is 1. The lowest BCUT2D eigenvalue weighted by atomic mass is 10.1. The highest BCUT2D eigenvalue weighted by Crippen LogP contribution is 2.27. The maximum Gasteiger partial charge on any atom is 0.320 e. The molecule has 3 rings (SSSR count). The molecule has 1 aliphatic rings. The molecule has 7 nitrogen and oxygen atoms in total. The number of benzene rings is 1. The molecule has 2 heterocycles. The van der Waals surface area contributed by atoms with Gasteiger partial charge in [0.1, 0.15) is 11.7 Å². The predicted octanol–water partition coefficient (Wildman–Crippen LogP) is 1.44. The van der Waals surface area contributed by atoms with Crippen molar-refractivity contribution in [3.8, 4) is 0 Å². The molecule has 2 atom stereocenters. The lowest BCUT2D eigenvalue weighted by Crippen LogP contribution is -2.46. The maximum absolute atomic E-state index is 12.8. The Morgan fingerprint density at radius 3 is 2.50 bits per heavy atom. The Morgan fingerprint density at radius 2 is 1.81 bits per heavy atom. The first-order valence-electron chi connectivity index (χ1n) is 8.46. The third-order valence-electron chi connectivity index (χ3n) is 4.69. The normalized spacial score (nSPS) is 20.0. The molecule has 0 aliphatic carbocycles. The minimum absolute atomic E-state index is 0.193. The minimum Gasteiger partial charge on any atom is -0.480 e. The number of nitrogens with one attached hydrogen (secondary N) is 1. The van der Waals surface area contributed by atoms with Gasteiger partial charge in [-0.2, -0.15) is 0 Å². The summed E-state index contributed by atoms with van der Waals surface area (Å²) in [6, 6.07) is 11.4. The van der Waals surface area contributed by atoms with Crippen LogP contribution in [0.2, 0.25) is 0 Å². The van der Waals surface area contributed by atoms with Gasteiger partial charge in [-0.05, 0) is 30.5 Å². The highest BCUT2D eigenvalue weighted by molar-refractivity contribution is 5.95. The summed E-state index contributed by atoms with van der Waals surface area (Å²) in [4.78, 5) is 38.2. The van der Waals surface area contributed by atoms with Crippen molar-refractivity contribution in [2.24, 2.45) is 7.05 Å². The quantitative estimate of drug-likeness (QED) is 0.847. The Kier molecular flexibility index (Phi) is 5.18. The molecule has 1 saturated heterocycles. The second kappa shape index (κ2) is 7.53. The number of aliphatic carboxylic acids is 1. The number of carbonyl (C=O) groups is 2. The smallest absolute Gasteiger partial charge is 0.320 e. The summed E-state index contributed by atoms with van der Waals surface area (Å²) >= 11 is 0. The number of nitrogens with zero attached hydrogens (tertiary/aromatic N) is 2. The Labute approximate surface area is 150 Å². The van der Waals surface area contributed by atoms with Gasteiger partial charge in [-0.15, -0.1) is 0 Å². The number of carboxylic acid groups (broad SMARTS) is 1. The highest BCUT2D eigenvalue weighted by Gasteiger charge is 2.41. The molecular weight excluding hydrogens is 334 g/mol. The van der Waals surface area contributed by atoms with Crippen molar-refractivity contribution >= 4 is 17.6 Å². The molecule has 0 bridgehead atoms. The Balaban J connectivity index is 1.82. The molecule has 0 radical (unpaired) electrons. The van der Waals surface area contributed by atoms with E-state index in [2.05, 4.69) is 5.32 Å². The van der Waals surface area contributed by atoms with Gasteiger partial charge in [-0.25, -0.2) is 0 Å². The first-order chi connectivity index (χ1) is 12.5. The fourth-order valence-corrected chi connectivity index (χ4v) is 3.33. The van der Waals surface area contributed by atoms with Crippen LogP contribution in [0.3, 0.4) is 0 Å². The average Bonchev–Trinajstić information content (AvgIpc) is 3.04. The van der Waals surface area contributed by atoms with Gasteiger partial charge in [0.2, 0.25) is 5.91 Å². The monoisotopic (exact) mass is 355 g/mol. The Morgan fingerprint density at radius 1 is 1.12 bits per heavy atom. The van der Waals surface area contributed by atoms with Crippen LogP contribution in [0, 0.1) is 0 Å². The van der Waals surface area contributed by atoms with E-state index in [1.807, 2.05) is 30.3 Å². The zero-order chi connectivity index (χ0) is 18.7. The van der Waals surface area contributed by atoms with Crippen LogP contribution in [-0.2, 0) is 23.2 Å². The molecule has 1 fully saturated rings. The number of hydrogen-bond donors (Lipinski definition) is 2. The number of carboxylic acids is 1. The van der Waals surface area contributed by atoms with Gasteiger partial charge in [0, 0.05) is 19.8 Å². The van der Waals surface area contributed by atoms with Crippen molar-refractivity contribution in [3.05, 3.63) is 64.6 Å². The van der Waals surface area contributed by atoms with Crippen molar-refractivity contribution in [2.75, 3.05) is 5.32 Å². The Bertz CT molecular complexity index is 863. The number of likely N-dealkylation sites (tertiary alicyclic amines) is 1. The van der Waals surface area contributed by atoms with Crippen molar-refractivity contribution in [3.63, 3.8) is 0 Å². The van der Waals surface area contributed by atoms with E-state index in [0.29, 0.717) is 19.4 Å². The molecule has 2 aromatic rings. The molecule has 26 heavy (non-hydrogen) atoms. The van der Waals surface area contributed by atoms with E-state index in [1.54, 1.807) is 30.3 Å². The van der Waals surface area contributed by atoms with Crippen molar-refractivity contribution in [1.82, 2.24) is 9.47 Å². The van der Waals surface area contributed by atoms with Crippen molar-refractivity contribution < 1.29 is 14.7 Å². The predicted molar refractivity (Wildman–Crippen MR) is 96.7 cm³/mol. The van der Waals surface area contributed by atoms with Crippen LogP contribution in [-0.4, -0.2) is 38.5 Å². The van der Waals surface area contributed by atoms with Crippen LogP contribution in [0.1, 0.15) is 18.4 Å². The van der Waals surface area contributed by atoms with Gasteiger partial charge in [0.05, 0.1) is 6.04 Å². The first-order valence-corrected chi connectivity index (χ1v) is 8.46. The average molecular weight is 355 g/mol. The van der Waals surface area contributed by atoms with Crippen LogP contribution >= 0.6 is 0 Å². The molecule has 1 aromatic carbocycles. The van der Waals surface area contributed by atoms with Crippen LogP contribution in [0.15, 0.2) is 53.5 Å². The van der Waals surface area contributed by atoms with Crippen LogP contribution in [0.4, 0.5) is 5.69 Å². The molecule has 136 valence electrons. The zero-order valence-corrected chi connectivity index (χ0v) is 14.5. The van der Waals surface area contributed by atoms with Gasteiger partial charge >= 0.3 is 5.97 Å². The minimum atomic E-state index is -0.938. The number of hydrogen-bond acceptors (Lipinski definition) is 4. The Hall–Kier alpha value is -2.93. The van der Waals surface area contributed by atoms with Gasteiger partial charge in [-0.1, -0.05) is 30.3 Å². The second-order valence-corrected chi connectivity index (χ2v) is 6.43. The summed E-state index contributed by atoms with van der Waals surface area (Å²) in [5, 5.41) is 12.2. The summed E-state index contributed by atoms with van der Waals surface area (Å²) in [7, 11) is 1.61. The topological polar surface area (TPSA) is 91.6 Å². The molecule has 1 amide bonds. The van der Waals surface area contributed by atoms with Crippen LogP contribution in [0.5, 0.6) is 0 Å². The number of aromatic nitrogens is 1. The summed E-state index contributed by atoms with van der Waals surface area (Å²) in [6.45, 7) is 0.364. The third kappa shape index (κ3) is 3.67. The first kappa shape index (κ1) is 17.9. The number of carbonyl (C=O) groups excluding carboxylic acids is 1. The zero-order valence-electron chi connectivity index (χ0n) is 14.5. The van der Waals surface area contributed by atoms with Gasteiger partial charge in [0.15, 0.2) is 0 Å². The summed E-state index contributed by atoms with van der Waals surface area (Å²) < 4.78 is 1.38. The lowest BCUT2D eigenvalue weighted by molar-refractivity contribution is -0.143. The molecule has 0 saturated carbocycles. The summed E-state index contributed by atoms with van der Waals surface area (Å²) in [6.07, 6.45) is 2.44. The number of aryl methyl sites for hydroxylation is 1. The van der Waals surface area contributed by atoms with E-state index < -0.39 is 18.1 Å². The van der Waals surface area contributed by atoms with Gasteiger partial charge in [-0.3, -0.25) is 19.3 Å². The van der Waals surface area contributed by atoms with E-state index in [9.17, 15) is 19.5 Å². The molecule has 2 N–H and O–H groups in total. The van der Waals surface area contributed by atoms with Crippen molar-refractivity contribution in [1.29, 1.82) is 0 Å². The van der Waals surface area contributed by atoms with E-state index in [-0.39, 0.29) is 17.2 Å². The van der Waals surface area contributed by atoms with Crippen LogP contribution < -0.4 is 10.9 Å². The van der Waals surface area contributed by atoms with E-state index >= 15 is 0 Å². The second-order valence-electron chi connectivity index (χ2n) is 6.43. The number of pyridine rings is 1. The number of amides is 1. The molecular formula is C19H21N3O4. The highest BCUT2D eigenvalue weighted by atomic mass is 16.4. The standard InChI is InChI=1S/C19H21N3O4/c1-21-11-5-8-14(18(21)24)20-17(23)15-9-10-16(19(25)26)22(15)12-13-6-3-2-4-7-13/h2-8,11,15-16H,9-10,12H2,1H3,(H,20,23)(H,25,26). The number of rotatable bonds is 5. The molecule has 2 unspecified atom stereocenters. The van der Waals surface area contributed by atoms with Gasteiger partial charge in [0.25, 0.3) is 5.56 Å². The van der Waals surface area contributed by atoms with Crippen molar-refractivity contribution in [2.45, 2.75) is 31.5 Å². The molecule has 7 heteroatoms. The van der Waals surface area contributed by atoms with E-state index in [1.165, 1.54) is 4.57 Å². The van der Waals surface area contributed by atoms with Crippen LogP contribution in [0.25, 0.3) is 0 Å². The fraction of sp³-hybridized carbons (Fsp3) is 0.316. The van der Waals surface area contributed by atoms with E-state index in [0.717, 1.165) is 5.56 Å². The van der Waals surface area contributed by atoms with Gasteiger partial charge < -0.3 is 15.0 Å². The maximum atomic E-state index is 12.8. The molecule has 0 spiro atoms.